The molecule has 0 unspecified atom stereocenters. The second kappa shape index (κ2) is 15.8. The minimum absolute atomic E-state index is 0. The number of sulfonamides is 1. The van der Waals surface area contributed by atoms with Crippen molar-refractivity contribution < 1.29 is 27.1 Å². The third kappa shape index (κ3) is 10.3. The summed E-state index contributed by atoms with van der Waals surface area (Å²) in [7, 11) is -1.84. The molecular formula is C31H40ClFN4O5S. The van der Waals surface area contributed by atoms with Gasteiger partial charge in [-0.2, -0.15) is 0 Å². The smallest absolute Gasteiger partial charge is 0.322 e. The lowest BCUT2D eigenvalue weighted by atomic mass is 10.0. The lowest BCUT2D eigenvalue weighted by molar-refractivity contribution is 0.188. The summed E-state index contributed by atoms with van der Waals surface area (Å²) in [6, 6.07) is 18.9. The van der Waals surface area contributed by atoms with E-state index in [1.807, 2.05) is 31.2 Å². The van der Waals surface area contributed by atoms with Gasteiger partial charge in [-0.1, -0.05) is 25.5 Å². The first kappa shape index (κ1) is 34.0. The molecular weight excluding hydrogens is 595 g/mol. The van der Waals surface area contributed by atoms with Crippen molar-refractivity contribution in [3.8, 4) is 17.2 Å². The standard InChI is InChI=1S/C31H39FN4O5S.ClH/c1-4-5-18-36(30-15-14-28(40-2)21-29(30)32)31(37)33-24-16-19-35(20-17-24)22-23-6-10-26(11-7-23)41-27-12-8-25(9-13-27)34-42(3,38)39;/h6-15,21,24,34H,4-5,16-20,22H2,1-3H3,(H,33,37);1H. The maximum absolute atomic E-state index is 14.8. The first-order valence-corrected chi connectivity index (χ1v) is 16.0. The zero-order chi connectivity index (χ0) is 30.1. The first-order chi connectivity index (χ1) is 20.1. The van der Waals surface area contributed by atoms with Crippen LogP contribution in [0, 0.1) is 5.82 Å². The molecule has 12 heteroatoms. The van der Waals surface area contributed by atoms with E-state index in [0.717, 1.165) is 57.1 Å². The molecule has 1 heterocycles. The Morgan fingerprint density at radius 1 is 1.00 bits per heavy atom. The number of hydrogen-bond acceptors (Lipinski definition) is 6. The lowest BCUT2D eigenvalue weighted by Gasteiger charge is -2.34. The van der Waals surface area contributed by atoms with Gasteiger partial charge < -0.3 is 14.8 Å². The predicted octanol–water partition coefficient (Wildman–Crippen LogP) is 6.40. The average Bonchev–Trinajstić information content (AvgIpc) is 2.96. The number of carbonyl (C=O) groups is 1. The average molecular weight is 635 g/mol. The molecule has 234 valence electrons. The largest absolute Gasteiger partial charge is 0.497 e. The Hall–Kier alpha value is -3.54. The van der Waals surface area contributed by atoms with Crippen LogP contribution in [0.4, 0.5) is 20.6 Å². The van der Waals surface area contributed by atoms with Crippen molar-refractivity contribution in [1.29, 1.82) is 0 Å². The number of amides is 2. The summed E-state index contributed by atoms with van der Waals surface area (Å²) in [6.45, 7) is 4.94. The van der Waals surface area contributed by atoms with Crippen LogP contribution in [-0.4, -0.2) is 58.4 Å². The fraction of sp³-hybridized carbons (Fsp3) is 0.387. The van der Waals surface area contributed by atoms with Gasteiger partial charge in [0.25, 0.3) is 0 Å². The van der Waals surface area contributed by atoms with Gasteiger partial charge in [-0.25, -0.2) is 17.6 Å². The number of ether oxygens (including phenoxy) is 2. The van der Waals surface area contributed by atoms with E-state index in [2.05, 4.69) is 14.9 Å². The van der Waals surface area contributed by atoms with Crippen molar-refractivity contribution in [2.24, 2.45) is 0 Å². The van der Waals surface area contributed by atoms with Crippen molar-refractivity contribution in [2.75, 3.05) is 42.6 Å². The zero-order valence-corrected chi connectivity index (χ0v) is 26.3. The molecule has 3 aromatic carbocycles. The number of anilines is 2. The number of carbonyl (C=O) groups excluding carboxylic acids is 1. The van der Waals surface area contributed by atoms with Gasteiger partial charge >= 0.3 is 6.03 Å². The number of urea groups is 1. The van der Waals surface area contributed by atoms with E-state index in [9.17, 15) is 17.6 Å². The fourth-order valence-corrected chi connectivity index (χ4v) is 5.40. The SMILES string of the molecule is CCCCN(C(=O)NC1CCN(Cc2ccc(Oc3ccc(NS(C)(=O)=O)cc3)cc2)CC1)c1ccc(OC)cc1F.Cl. The van der Waals surface area contributed by atoms with Crippen LogP contribution in [-0.2, 0) is 16.6 Å². The molecule has 43 heavy (non-hydrogen) atoms. The summed E-state index contributed by atoms with van der Waals surface area (Å²) >= 11 is 0. The van der Waals surface area contributed by atoms with Crippen molar-refractivity contribution in [3.63, 3.8) is 0 Å². The van der Waals surface area contributed by atoms with Gasteiger partial charge in [0.05, 0.1) is 19.1 Å². The number of piperidine rings is 1. The Morgan fingerprint density at radius 2 is 1.60 bits per heavy atom. The molecule has 2 amide bonds. The number of benzene rings is 3. The Balaban J connectivity index is 0.00000506. The van der Waals surface area contributed by atoms with Crippen LogP contribution >= 0.6 is 12.4 Å². The molecule has 0 aromatic heterocycles. The van der Waals surface area contributed by atoms with Crippen molar-refractivity contribution in [2.45, 2.75) is 45.2 Å². The normalized spacial score (nSPS) is 14.0. The third-order valence-electron chi connectivity index (χ3n) is 7.06. The number of methoxy groups -OCH3 is 1. The fourth-order valence-electron chi connectivity index (χ4n) is 4.83. The quantitative estimate of drug-likeness (QED) is 0.239. The van der Waals surface area contributed by atoms with E-state index in [1.165, 1.54) is 18.1 Å². The molecule has 0 spiro atoms. The third-order valence-corrected chi connectivity index (χ3v) is 7.67. The van der Waals surface area contributed by atoms with Gasteiger partial charge in [0, 0.05) is 44.0 Å². The summed E-state index contributed by atoms with van der Waals surface area (Å²) in [5.74, 6) is 1.23. The van der Waals surface area contributed by atoms with Gasteiger partial charge in [0.2, 0.25) is 10.0 Å². The van der Waals surface area contributed by atoms with Crippen LogP contribution in [0.1, 0.15) is 38.2 Å². The number of rotatable bonds is 12. The molecule has 9 nitrogen and oxygen atoms in total. The van der Waals surface area contributed by atoms with E-state index in [0.29, 0.717) is 29.5 Å². The van der Waals surface area contributed by atoms with Gasteiger partial charge in [0.1, 0.15) is 17.2 Å². The molecule has 0 aliphatic carbocycles. The minimum atomic E-state index is -3.33. The second-order valence-electron chi connectivity index (χ2n) is 10.5. The van der Waals surface area contributed by atoms with Crippen LogP contribution in [0.2, 0.25) is 0 Å². The van der Waals surface area contributed by atoms with E-state index < -0.39 is 15.8 Å². The molecule has 0 saturated carbocycles. The highest BCUT2D eigenvalue weighted by Gasteiger charge is 2.25. The Labute approximate surface area is 259 Å². The molecule has 1 saturated heterocycles. The summed E-state index contributed by atoms with van der Waals surface area (Å²) in [6.07, 6.45) is 4.39. The van der Waals surface area contributed by atoms with Crippen LogP contribution in [0.5, 0.6) is 17.2 Å². The van der Waals surface area contributed by atoms with Crippen LogP contribution < -0.4 is 24.4 Å². The molecule has 0 bridgehead atoms. The second-order valence-corrected chi connectivity index (χ2v) is 12.2. The Kier molecular flexibility index (Phi) is 12.5. The molecule has 1 fully saturated rings. The molecule has 1 aliphatic rings. The summed E-state index contributed by atoms with van der Waals surface area (Å²) in [5, 5.41) is 3.12. The number of nitrogens with one attached hydrogen (secondary N) is 2. The van der Waals surface area contributed by atoms with Crippen molar-refractivity contribution >= 4 is 39.8 Å². The van der Waals surface area contributed by atoms with E-state index >= 15 is 0 Å². The maximum atomic E-state index is 14.8. The van der Waals surface area contributed by atoms with Crippen LogP contribution in [0.25, 0.3) is 0 Å². The Morgan fingerprint density at radius 3 is 2.16 bits per heavy atom. The topological polar surface area (TPSA) is 100 Å². The number of nitrogens with zero attached hydrogens (tertiary/aromatic N) is 2. The van der Waals surface area contributed by atoms with E-state index in [4.69, 9.17) is 9.47 Å². The van der Waals surface area contributed by atoms with Gasteiger partial charge in [-0.15, -0.1) is 12.4 Å². The van der Waals surface area contributed by atoms with Gasteiger partial charge in [-0.05, 0) is 73.4 Å². The highest BCUT2D eigenvalue weighted by Crippen LogP contribution is 2.26. The molecule has 2 N–H and O–H groups in total. The number of hydrogen-bond donors (Lipinski definition) is 2. The highest BCUT2D eigenvalue weighted by atomic mass is 35.5. The van der Waals surface area contributed by atoms with Crippen LogP contribution in [0.3, 0.4) is 0 Å². The van der Waals surface area contributed by atoms with E-state index in [1.54, 1.807) is 36.4 Å². The molecule has 0 atom stereocenters. The monoisotopic (exact) mass is 634 g/mol. The summed E-state index contributed by atoms with van der Waals surface area (Å²) in [5.41, 5.74) is 1.88. The maximum Gasteiger partial charge on any atom is 0.322 e. The number of halogens is 2. The molecule has 0 radical (unpaired) electrons. The predicted molar refractivity (Wildman–Crippen MR) is 171 cm³/mol. The summed E-state index contributed by atoms with van der Waals surface area (Å²) < 4.78 is 50.9. The number of unbranched alkanes of at least 4 members (excludes halogenated alkanes) is 1. The van der Waals surface area contributed by atoms with E-state index in [-0.39, 0.29) is 30.2 Å². The Bertz CT molecular complexity index is 1430. The van der Waals surface area contributed by atoms with Crippen LogP contribution in [0.15, 0.2) is 66.7 Å². The van der Waals surface area contributed by atoms with Gasteiger partial charge in [0.15, 0.2) is 5.82 Å². The van der Waals surface area contributed by atoms with Gasteiger partial charge in [-0.3, -0.25) is 14.5 Å². The number of likely N-dealkylation sites (tertiary alicyclic amines) is 1. The summed E-state index contributed by atoms with van der Waals surface area (Å²) in [4.78, 5) is 17.0. The molecule has 1 aliphatic heterocycles. The highest BCUT2D eigenvalue weighted by molar-refractivity contribution is 7.92. The lowest BCUT2D eigenvalue weighted by Crippen LogP contribution is -2.49. The minimum Gasteiger partial charge on any atom is -0.497 e. The first-order valence-electron chi connectivity index (χ1n) is 14.1. The van der Waals surface area contributed by atoms with Crippen molar-refractivity contribution in [3.05, 3.63) is 78.1 Å². The molecule has 4 rings (SSSR count). The molecule has 3 aromatic rings. The zero-order valence-electron chi connectivity index (χ0n) is 24.7. The van der Waals surface area contributed by atoms with Crippen molar-refractivity contribution in [1.82, 2.24) is 10.2 Å².